The molecule has 0 amide bonds. The SMILES string of the molecule is O=C(O)C1CCCN(CCc2ccc3c(c2)CCO3)C1. The highest BCUT2D eigenvalue weighted by Crippen LogP contribution is 2.26. The molecule has 4 heteroatoms. The van der Waals surface area contributed by atoms with Crippen LogP contribution < -0.4 is 4.74 Å². The van der Waals surface area contributed by atoms with Crippen molar-refractivity contribution in [3.63, 3.8) is 0 Å². The number of aliphatic carboxylic acids is 1. The van der Waals surface area contributed by atoms with Gasteiger partial charge in [-0.15, -0.1) is 0 Å². The van der Waals surface area contributed by atoms with Crippen LogP contribution in [-0.2, 0) is 17.6 Å². The van der Waals surface area contributed by atoms with Gasteiger partial charge in [0.2, 0.25) is 0 Å². The second kappa shape index (κ2) is 5.83. The van der Waals surface area contributed by atoms with Crippen LogP contribution in [0.2, 0.25) is 0 Å². The molecule has 2 aliphatic heterocycles. The minimum absolute atomic E-state index is 0.183. The summed E-state index contributed by atoms with van der Waals surface area (Å²) >= 11 is 0. The summed E-state index contributed by atoms with van der Waals surface area (Å²) < 4.78 is 5.51. The molecule has 1 N–H and O–H groups in total. The number of benzene rings is 1. The Morgan fingerprint density at radius 2 is 2.35 bits per heavy atom. The van der Waals surface area contributed by atoms with E-state index in [1.54, 1.807) is 0 Å². The molecule has 20 heavy (non-hydrogen) atoms. The third-order valence-corrected chi connectivity index (χ3v) is 4.33. The van der Waals surface area contributed by atoms with E-state index in [-0.39, 0.29) is 5.92 Å². The van der Waals surface area contributed by atoms with Crippen LogP contribution in [0.4, 0.5) is 0 Å². The molecule has 1 saturated heterocycles. The molecule has 4 nitrogen and oxygen atoms in total. The fraction of sp³-hybridized carbons (Fsp3) is 0.562. The molecular weight excluding hydrogens is 254 g/mol. The first-order valence-corrected chi connectivity index (χ1v) is 7.42. The molecule has 0 radical (unpaired) electrons. The second-order valence-corrected chi connectivity index (χ2v) is 5.77. The molecule has 1 unspecified atom stereocenters. The van der Waals surface area contributed by atoms with E-state index < -0.39 is 5.97 Å². The number of fused-ring (bicyclic) bond motifs is 1. The maximum atomic E-state index is 11.1. The van der Waals surface area contributed by atoms with E-state index in [1.165, 1.54) is 11.1 Å². The summed E-state index contributed by atoms with van der Waals surface area (Å²) in [6.45, 7) is 3.47. The van der Waals surface area contributed by atoms with Gasteiger partial charge in [0.15, 0.2) is 0 Å². The molecule has 1 aromatic carbocycles. The molecular formula is C16H21NO3. The summed E-state index contributed by atoms with van der Waals surface area (Å²) in [4.78, 5) is 13.3. The maximum absolute atomic E-state index is 11.1. The number of carbonyl (C=O) groups is 1. The lowest BCUT2D eigenvalue weighted by atomic mass is 9.97. The molecule has 3 rings (SSSR count). The summed E-state index contributed by atoms with van der Waals surface area (Å²) in [5.74, 6) is 0.194. The second-order valence-electron chi connectivity index (χ2n) is 5.77. The van der Waals surface area contributed by atoms with E-state index in [0.717, 1.165) is 51.1 Å². The number of carboxylic acids is 1. The Bertz CT molecular complexity index is 500. The third kappa shape index (κ3) is 2.96. The topological polar surface area (TPSA) is 49.8 Å². The standard InChI is InChI=1S/C16H21NO3/c18-16(19)14-2-1-7-17(11-14)8-5-12-3-4-15-13(10-12)6-9-20-15/h3-4,10,14H,1-2,5-9,11H2,(H,18,19). The van der Waals surface area contributed by atoms with Gasteiger partial charge < -0.3 is 14.7 Å². The number of piperidine rings is 1. The molecule has 2 heterocycles. The van der Waals surface area contributed by atoms with Gasteiger partial charge in [0.05, 0.1) is 12.5 Å². The number of hydrogen-bond donors (Lipinski definition) is 1. The van der Waals surface area contributed by atoms with E-state index >= 15 is 0 Å². The van der Waals surface area contributed by atoms with Crippen LogP contribution in [0, 0.1) is 5.92 Å². The monoisotopic (exact) mass is 275 g/mol. The van der Waals surface area contributed by atoms with Crippen LogP contribution >= 0.6 is 0 Å². The van der Waals surface area contributed by atoms with Crippen LogP contribution in [0.3, 0.4) is 0 Å². The fourth-order valence-electron chi connectivity index (χ4n) is 3.14. The maximum Gasteiger partial charge on any atom is 0.307 e. The molecule has 1 aromatic rings. The summed E-state index contributed by atoms with van der Waals surface area (Å²) in [6, 6.07) is 6.43. The van der Waals surface area contributed by atoms with Gasteiger partial charge in [-0.3, -0.25) is 4.79 Å². The van der Waals surface area contributed by atoms with E-state index in [4.69, 9.17) is 9.84 Å². The van der Waals surface area contributed by atoms with Crippen molar-refractivity contribution in [1.29, 1.82) is 0 Å². The lowest BCUT2D eigenvalue weighted by Gasteiger charge is -2.30. The Labute approximate surface area is 119 Å². The third-order valence-electron chi connectivity index (χ3n) is 4.33. The van der Waals surface area contributed by atoms with Crippen molar-refractivity contribution in [3.8, 4) is 5.75 Å². The zero-order valence-electron chi connectivity index (χ0n) is 11.7. The predicted molar refractivity (Wildman–Crippen MR) is 76.1 cm³/mol. The van der Waals surface area contributed by atoms with Crippen molar-refractivity contribution in [3.05, 3.63) is 29.3 Å². The number of likely N-dealkylation sites (tertiary alicyclic amines) is 1. The molecule has 108 valence electrons. The molecule has 0 spiro atoms. The number of carboxylic acid groups (broad SMARTS) is 1. The molecule has 0 aromatic heterocycles. The van der Waals surface area contributed by atoms with Crippen molar-refractivity contribution < 1.29 is 14.6 Å². The van der Waals surface area contributed by atoms with Crippen LogP contribution in [-0.4, -0.2) is 42.2 Å². The molecule has 1 fully saturated rings. The van der Waals surface area contributed by atoms with Gasteiger partial charge >= 0.3 is 5.97 Å². The van der Waals surface area contributed by atoms with Crippen molar-refractivity contribution in [2.45, 2.75) is 25.7 Å². The van der Waals surface area contributed by atoms with Crippen LogP contribution in [0.1, 0.15) is 24.0 Å². The Balaban J connectivity index is 1.55. The minimum atomic E-state index is -0.649. The van der Waals surface area contributed by atoms with Gasteiger partial charge in [-0.25, -0.2) is 0 Å². The van der Waals surface area contributed by atoms with E-state index in [2.05, 4.69) is 23.1 Å². The zero-order valence-corrected chi connectivity index (χ0v) is 11.7. The highest BCUT2D eigenvalue weighted by Gasteiger charge is 2.25. The summed E-state index contributed by atoms with van der Waals surface area (Å²) in [6.07, 6.45) is 3.81. The van der Waals surface area contributed by atoms with E-state index in [1.807, 2.05) is 0 Å². The first kappa shape index (κ1) is 13.4. The van der Waals surface area contributed by atoms with Gasteiger partial charge in [0.25, 0.3) is 0 Å². The molecule has 2 aliphatic rings. The molecule has 0 aliphatic carbocycles. The average Bonchev–Trinajstić information content (AvgIpc) is 2.93. The van der Waals surface area contributed by atoms with Gasteiger partial charge in [-0.1, -0.05) is 12.1 Å². The Hall–Kier alpha value is -1.55. The van der Waals surface area contributed by atoms with Crippen LogP contribution in [0.15, 0.2) is 18.2 Å². The van der Waals surface area contributed by atoms with Crippen molar-refractivity contribution in [2.75, 3.05) is 26.2 Å². The zero-order chi connectivity index (χ0) is 13.9. The molecule has 1 atom stereocenters. The van der Waals surface area contributed by atoms with Gasteiger partial charge in [-0.05, 0) is 43.0 Å². The number of ether oxygens (including phenoxy) is 1. The van der Waals surface area contributed by atoms with Gasteiger partial charge in [0, 0.05) is 19.5 Å². The predicted octanol–water partition coefficient (Wildman–Crippen LogP) is 1.96. The number of rotatable bonds is 4. The van der Waals surface area contributed by atoms with Crippen molar-refractivity contribution in [1.82, 2.24) is 4.90 Å². The fourth-order valence-corrected chi connectivity index (χ4v) is 3.14. The van der Waals surface area contributed by atoms with Crippen LogP contribution in [0.5, 0.6) is 5.75 Å². The highest BCUT2D eigenvalue weighted by atomic mass is 16.5. The minimum Gasteiger partial charge on any atom is -0.493 e. The summed E-state index contributed by atoms with van der Waals surface area (Å²) in [5.41, 5.74) is 2.64. The summed E-state index contributed by atoms with van der Waals surface area (Å²) in [7, 11) is 0. The normalized spacial score (nSPS) is 22.3. The van der Waals surface area contributed by atoms with Gasteiger partial charge in [-0.2, -0.15) is 0 Å². The number of hydrogen-bond acceptors (Lipinski definition) is 3. The highest BCUT2D eigenvalue weighted by molar-refractivity contribution is 5.70. The Morgan fingerprint density at radius 3 is 3.20 bits per heavy atom. The molecule has 0 saturated carbocycles. The smallest absolute Gasteiger partial charge is 0.307 e. The summed E-state index contributed by atoms with van der Waals surface area (Å²) in [5, 5.41) is 9.11. The number of nitrogens with zero attached hydrogens (tertiary/aromatic N) is 1. The quantitative estimate of drug-likeness (QED) is 0.912. The largest absolute Gasteiger partial charge is 0.493 e. The average molecular weight is 275 g/mol. The van der Waals surface area contributed by atoms with Crippen molar-refractivity contribution in [2.24, 2.45) is 5.92 Å². The van der Waals surface area contributed by atoms with Crippen LogP contribution in [0.25, 0.3) is 0 Å². The Kier molecular flexibility index (Phi) is 3.92. The van der Waals surface area contributed by atoms with Crippen molar-refractivity contribution >= 4 is 5.97 Å². The molecule has 0 bridgehead atoms. The first-order valence-electron chi connectivity index (χ1n) is 7.42. The van der Waals surface area contributed by atoms with E-state index in [0.29, 0.717) is 6.54 Å². The van der Waals surface area contributed by atoms with E-state index in [9.17, 15) is 4.79 Å². The lowest BCUT2D eigenvalue weighted by molar-refractivity contribution is -0.143. The lowest BCUT2D eigenvalue weighted by Crippen LogP contribution is -2.39. The Morgan fingerprint density at radius 1 is 1.45 bits per heavy atom. The van der Waals surface area contributed by atoms with Gasteiger partial charge in [0.1, 0.15) is 5.75 Å². The first-order chi connectivity index (χ1) is 9.72.